The Morgan fingerprint density at radius 1 is 1.31 bits per heavy atom. The van der Waals surface area contributed by atoms with Crippen LogP contribution in [0.4, 0.5) is 4.39 Å². The second-order valence-corrected chi connectivity index (χ2v) is 7.02. The van der Waals surface area contributed by atoms with E-state index in [-0.39, 0.29) is 24.2 Å². The van der Waals surface area contributed by atoms with Gasteiger partial charge < -0.3 is 14.1 Å². The first-order valence-electron chi connectivity index (χ1n) is 8.32. The van der Waals surface area contributed by atoms with Crippen LogP contribution >= 0.6 is 11.3 Å². The second kappa shape index (κ2) is 7.39. The molecule has 4 rings (SSSR count). The number of carbonyl (C=O) groups excluding carboxylic acids is 1. The van der Waals surface area contributed by atoms with Crippen molar-refractivity contribution in [1.29, 1.82) is 0 Å². The number of hydrogen-bond donors (Lipinski definition) is 0. The van der Waals surface area contributed by atoms with Crippen LogP contribution in [0.5, 0.6) is 0 Å². The number of carbonyl (C=O) groups is 1. The molecule has 0 N–H and O–H groups in total. The summed E-state index contributed by atoms with van der Waals surface area (Å²) in [5.41, 5.74) is 1.24. The van der Waals surface area contributed by atoms with Gasteiger partial charge in [0.2, 0.25) is 11.8 Å². The number of morpholine rings is 1. The number of benzene rings is 1. The molecule has 1 atom stereocenters. The Kier molecular flexibility index (Phi) is 4.81. The van der Waals surface area contributed by atoms with Crippen molar-refractivity contribution in [1.82, 2.24) is 9.88 Å². The first-order valence-corrected chi connectivity index (χ1v) is 9.20. The fraction of sp³-hybridized carbons (Fsp3) is 0.263. The topological polar surface area (TPSA) is 55.6 Å². The maximum absolute atomic E-state index is 13.0. The van der Waals surface area contributed by atoms with Crippen molar-refractivity contribution in [3.8, 4) is 11.5 Å². The molecule has 0 spiro atoms. The third-order valence-corrected chi connectivity index (χ3v) is 5.22. The lowest BCUT2D eigenvalue weighted by atomic mass is 10.2. The summed E-state index contributed by atoms with van der Waals surface area (Å²) in [6, 6.07) is 9.90. The molecule has 0 saturated carbocycles. The molecule has 5 nitrogen and oxygen atoms in total. The zero-order valence-electron chi connectivity index (χ0n) is 13.9. The molecule has 2 aromatic heterocycles. The Bertz CT molecular complexity index is 877. The molecule has 1 unspecified atom stereocenters. The van der Waals surface area contributed by atoms with Crippen molar-refractivity contribution in [3.63, 3.8) is 0 Å². The predicted octanol–water partition coefficient (Wildman–Crippen LogP) is 3.68. The van der Waals surface area contributed by atoms with Gasteiger partial charge in [-0.25, -0.2) is 9.37 Å². The highest BCUT2D eigenvalue weighted by molar-refractivity contribution is 7.10. The van der Waals surface area contributed by atoms with E-state index in [4.69, 9.17) is 9.15 Å². The van der Waals surface area contributed by atoms with Crippen molar-refractivity contribution in [2.24, 2.45) is 0 Å². The van der Waals surface area contributed by atoms with E-state index in [0.717, 1.165) is 4.88 Å². The van der Waals surface area contributed by atoms with Gasteiger partial charge in [0.15, 0.2) is 0 Å². The van der Waals surface area contributed by atoms with E-state index in [1.165, 1.54) is 18.4 Å². The summed E-state index contributed by atoms with van der Waals surface area (Å²) < 4.78 is 24.2. The Labute approximate surface area is 154 Å². The summed E-state index contributed by atoms with van der Waals surface area (Å²) >= 11 is 1.63. The zero-order valence-corrected chi connectivity index (χ0v) is 14.7. The summed E-state index contributed by atoms with van der Waals surface area (Å²) in [4.78, 5) is 19.9. The lowest BCUT2D eigenvalue weighted by Crippen LogP contribution is -2.42. The van der Waals surface area contributed by atoms with Crippen molar-refractivity contribution < 1.29 is 18.3 Å². The monoisotopic (exact) mass is 372 g/mol. The maximum Gasteiger partial charge on any atom is 0.228 e. The molecule has 0 aliphatic carbocycles. The predicted molar refractivity (Wildman–Crippen MR) is 95.2 cm³/mol. The molecule has 1 aromatic carbocycles. The molecule has 1 aliphatic heterocycles. The lowest BCUT2D eigenvalue weighted by molar-refractivity contribution is -0.138. The summed E-state index contributed by atoms with van der Waals surface area (Å²) in [6.45, 7) is 1.64. The van der Waals surface area contributed by atoms with Gasteiger partial charge in [0.05, 0.1) is 25.3 Å². The lowest BCUT2D eigenvalue weighted by Gasteiger charge is -2.32. The molecule has 0 bridgehead atoms. The highest BCUT2D eigenvalue weighted by atomic mass is 32.1. The van der Waals surface area contributed by atoms with Crippen LogP contribution in [-0.4, -0.2) is 35.5 Å². The van der Waals surface area contributed by atoms with E-state index >= 15 is 0 Å². The number of hydrogen-bond acceptors (Lipinski definition) is 5. The normalized spacial score (nSPS) is 17.4. The number of thiophene rings is 1. The van der Waals surface area contributed by atoms with E-state index in [0.29, 0.717) is 36.8 Å². The molecule has 1 saturated heterocycles. The number of oxazole rings is 1. The van der Waals surface area contributed by atoms with Crippen LogP contribution in [0.15, 0.2) is 52.5 Å². The fourth-order valence-electron chi connectivity index (χ4n) is 2.90. The Hall–Kier alpha value is -2.51. The second-order valence-electron chi connectivity index (χ2n) is 6.04. The molecular weight excluding hydrogens is 355 g/mol. The molecule has 3 aromatic rings. The van der Waals surface area contributed by atoms with Crippen molar-refractivity contribution >= 4 is 17.2 Å². The standard InChI is InChI=1S/C19H17FN2O3S/c20-14-5-3-13(4-6-14)19-21-15(12-25-19)10-18(23)22-7-8-24-16(11-22)17-2-1-9-26-17/h1-6,9,12,16H,7-8,10-11H2. The molecule has 7 heteroatoms. The number of nitrogens with zero attached hydrogens (tertiary/aromatic N) is 2. The molecule has 1 aliphatic rings. The fourth-order valence-corrected chi connectivity index (χ4v) is 3.67. The average molecular weight is 372 g/mol. The van der Waals surface area contributed by atoms with Gasteiger partial charge in [-0.3, -0.25) is 4.79 Å². The van der Waals surface area contributed by atoms with E-state index in [2.05, 4.69) is 4.98 Å². The van der Waals surface area contributed by atoms with Crippen LogP contribution in [0, 0.1) is 5.82 Å². The minimum atomic E-state index is -0.316. The molecule has 3 heterocycles. The van der Waals surface area contributed by atoms with Crippen LogP contribution in [0.2, 0.25) is 0 Å². The molecule has 0 radical (unpaired) electrons. The number of amides is 1. The third-order valence-electron chi connectivity index (χ3n) is 4.25. The highest BCUT2D eigenvalue weighted by Crippen LogP contribution is 2.26. The average Bonchev–Trinajstić information content (AvgIpc) is 3.34. The van der Waals surface area contributed by atoms with Gasteiger partial charge in [0.25, 0.3) is 0 Å². The van der Waals surface area contributed by atoms with E-state index in [9.17, 15) is 9.18 Å². The number of rotatable bonds is 4. The van der Waals surface area contributed by atoms with Gasteiger partial charge >= 0.3 is 0 Å². The van der Waals surface area contributed by atoms with Gasteiger partial charge in [-0.2, -0.15) is 0 Å². The van der Waals surface area contributed by atoms with Crippen LogP contribution in [0.25, 0.3) is 11.5 Å². The minimum absolute atomic E-state index is 0.00573. The molecule has 134 valence electrons. The van der Waals surface area contributed by atoms with Crippen LogP contribution in [0.3, 0.4) is 0 Å². The third kappa shape index (κ3) is 3.68. The summed E-state index contributed by atoms with van der Waals surface area (Å²) in [5, 5.41) is 2.01. The molecule has 1 amide bonds. The van der Waals surface area contributed by atoms with Crippen LogP contribution < -0.4 is 0 Å². The number of aromatic nitrogens is 1. The maximum atomic E-state index is 13.0. The van der Waals surface area contributed by atoms with Gasteiger partial charge in [0.1, 0.15) is 18.2 Å². The smallest absolute Gasteiger partial charge is 0.228 e. The summed E-state index contributed by atoms with van der Waals surface area (Å²) in [6.07, 6.45) is 1.58. The zero-order chi connectivity index (χ0) is 17.9. The SMILES string of the molecule is O=C(Cc1coc(-c2ccc(F)cc2)n1)N1CCOC(c2cccs2)C1. The minimum Gasteiger partial charge on any atom is -0.444 e. The first-order chi connectivity index (χ1) is 12.7. The Morgan fingerprint density at radius 2 is 2.15 bits per heavy atom. The first kappa shape index (κ1) is 16.9. The van der Waals surface area contributed by atoms with Crippen molar-refractivity contribution in [2.45, 2.75) is 12.5 Å². The number of ether oxygens (including phenoxy) is 1. The Morgan fingerprint density at radius 3 is 2.92 bits per heavy atom. The van der Waals surface area contributed by atoms with Gasteiger partial charge in [-0.15, -0.1) is 11.3 Å². The summed E-state index contributed by atoms with van der Waals surface area (Å²) in [7, 11) is 0. The molecule has 26 heavy (non-hydrogen) atoms. The van der Waals surface area contributed by atoms with E-state index in [1.54, 1.807) is 28.4 Å². The van der Waals surface area contributed by atoms with Crippen molar-refractivity contribution in [3.05, 3.63) is 64.4 Å². The molecular formula is C19H17FN2O3S. The van der Waals surface area contributed by atoms with Gasteiger partial charge in [-0.1, -0.05) is 6.07 Å². The van der Waals surface area contributed by atoms with Gasteiger partial charge in [0, 0.05) is 17.0 Å². The van der Waals surface area contributed by atoms with Crippen molar-refractivity contribution in [2.75, 3.05) is 19.7 Å². The van der Waals surface area contributed by atoms with Gasteiger partial charge in [-0.05, 0) is 35.7 Å². The molecule has 1 fully saturated rings. The largest absolute Gasteiger partial charge is 0.444 e. The quantitative estimate of drug-likeness (QED) is 0.701. The van der Waals surface area contributed by atoms with Crippen LogP contribution in [0.1, 0.15) is 16.7 Å². The Balaban J connectivity index is 1.41. The highest BCUT2D eigenvalue weighted by Gasteiger charge is 2.26. The number of halogens is 1. The summed E-state index contributed by atoms with van der Waals surface area (Å²) in [5.74, 6) is 0.0587. The van der Waals surface area contributed by atoms with Crippen LogP contribution in [-0.2, 0) is 16.0 Å². The van der Waals surface area contributed by atoms with E-state index < -0.39 is 0 Å². The van der Waals surface area contributed by atoms with E-state index in [1.807, 2.05) is 17.5 Å².